The molecule has 0 aromatic carbocycles. The van der Waals surface area contributed by atoms with Gasteiger partial charge in [0.05, 0.1) is 27.7 Å². The van der Waals surface area contributed by atoms with Crippen molar-refractivity contribution in [2.75, 3.05) is 47.5 Å². The maximum atomic E-state index is 12.6. The van der Waals surface area contributed by atoms with Gasteiger partial charge in [-0.05, 0) is 64.2 Å². The molecule has 0 spiro atoms. The molecule has 0 fully saturated rings. The normalized spacial score (nSPS) is 13.9. The van der Waals surface area contributed by atoms with Gasteiger partial charge in [0.1, 0.15) is 19.8 Å². The third kappa shape index (κ3) is 38.2. The fraction of sp³-hybridized carbons (Fsp3) is 0.857. The molecular formula is C42H81NO8P+. The van der Waals surface area contributed by atoms with E-state index >= 15 is 0 Å². The summed E-state index contributed by atoms with van der Waals surface area (Å²) in [6.45, 7) is 4.38. The smallest absolute Gasteiger partial charge is 0.462 e. The molecule has 9 nitrogen and oxygen atoms in total. The number of esters is 2. The van der Waals surface area contributed by atoms with Gasteiger partial charge in [0.25, 0.3) is 0 Å². The minimum absolute atomic E-state index is 0.0289. The molecule has 2 atom stereocenters. The molecule has 0 aliphatic heterocycles. The van der Waals surface area contributed by atoms with E-state index in [2.05, 4.69) is 38.2 Å². The Bertz CT molecular complexity index is 949. The Morgan fingerprint density at radius 1 is 0.577 bits per heavy atom. The summed E-state index contributed by atoms with van der Waals surface area (Å²) in [6, 6.07) is 0. The predicted octanol–water partition coefficient (Wildman–Crippen LogP) is 11.6. The number of carbonyl (C=O) groups excluding carboxylic acids is 2. The Kier molecular flexibility index (Phi) is 34.2. The van der Waals surface area contributed by atoms with E-state index in [1.54, 1.807) is 0 Å². The number of phosphoric ester groups is 1. The van der Waals surface area contributed by atoms with Crippen molar-refractivity contribution in [3.8, 4) is 0 Å². The van der Waals surface area contributed by atoms with Gasteiger partial charge in [-0.1, -0.05) is 128 Å². The zero-order chi connectivity index (χ0) is 38.6. The van der Waals surface area contributed by atoms with Crippen molar-refractivity contribution >= 4 is 19.8 Å². The highest BCUT2D eigenvalue weighted by atomic mass is 31.2. The number of rotatable bonds is 38. The van der Waals surface area contributed by atoms with Crippen LogP contribution in [0.5, 0.6) is 0 Å². The van der Waals surface area contributed by atoms with E-state index in [4.69, 9.17) is 18.5 Å². The lowest BCUT2D eigenvalue weighted by Gasteiger charge is -2.24. The molecule has 0 saturated heterocycles. The fourth-order valence-corrected chi connectivity index (χ4v) is 6.33. The molecule has 1 unspecified atom stereocenters. The van der Waals surface area contributed by atoms with Gasteiger partial charge in [0, 0.05) is 12.8 Å². The summed E-state index contributed by atoms with van der Waals surface area (Å²) < 4.78 is 34.2. The molecule has 0 aromatic rings. The van der Waals surface area contributed by atoms with Crippen molar-refractivity contribution in [2.24, 2.45) is 0 Å². The summed E-state index contributed by atoms with van der Waals surface area (Å²) in [6.07, 6.45) is 36.5. The molecule has 0 bridgehead atoms. The van der Waals surface area contributed by atoms with E-state index in [1.807, 2.05) is 21.1 Å². The molecule has 52 heavy (non-hydrogen) atoms. The first-order valence-corrected chi connectivity index (χ1v) is 22.6. The lowest BCUT2D eigenvalue weighted by Crippen LogP contribution is -2.37. The number of hydrogen-bond donors (Lipinski definition) is 1. The quantitative estimate of drug-likeness (QED) is 0.0218. The van der Waals surface area contributed by atoms with Gasteiger partial charge in [0.2, 0.25) is 0 Å². The number of allylic oxidation sites excluding steroid dienone is 4. The molecule has 0 saturated carbocycles. The van der Waals surface area contributed by atoms with Crippen LogP contribution >= 0.6 is 7.82 Å². The summed E-state index contributed by atoms with van der Waals surface area (Å²) in [7, 11) is 1.46. The molecule has 0 aliphatic carbocycles. The lowest BCUT2D eigenvalue weighted by atomic mass is 10.1. The first-order valence-electron chi connectivity index (χ1n) is 21.1. The standard InChI is InChI=1S/C42H80NO8P/c1-6-8-10-12-14-16-18-20-21-23-25-27-29-31-33-35-42(45)51-40(39-50-52(46,47)49-37-36-43(3,4)5)38-48-41(44)34-32-30-28-26-24-22-19-17-15-13-11-9-7-2/h20-22,24,40H,6-19,23,25-39H2,1-5H3/p+1/b21-20+,24-22+/t40-/m1/s1. The number of hydrogen-bond acceptors (Lipinski definition) is 7. The number of ether oxygens (including phenoxy) is 2. The van der Waals surface area contributed by atoms with Crippen LogP contribution in [0.4, 0.5) is 0 Å². The molecule has 0 radical (unpaired) electrons. The molecule has 306 valence electrons. The van der Waals surface area contributed by atoms with Crippen LogP contribution in [-0.4, -0.2) is 74.9 Å². The number of unbranched alkanes of at least 4 members (excludes halogenated alkanes) is 20. The summed E-state index contributed by atoms with van der Waals surface area (Å²) in [5.41, 5.74) is 0. The maximum Gasteiger partial charge on any atom is 0.472 e. The van der Waals surface area contributed by atoms with Gasteiger partial charge in [-0.2, -0.15) is 0 Å². The summed E-state index contributed by atoms with van der Waals surface area (Å²) in [4.78, 5) is 35.3. The van der Waals surface area contributed by atoms with Crippen LogP contribution in [0.2, 0.25) is 0 Å². The predicted molar refractivity (Wildman–Crippen MR) is 215 cm³/mol. The van der Waals surface area contributed by atoms with Gasteiger partial charge < -0.3 is 18.9 Å². The molecule has 0 aliphatic rings. The Balaban J connectivity index is 4.42. The van der Waals surface area contributed by atoms with Crippen molar-refractivity contribution in [1.82, 2.24) is 0 Å². The van der Waals surface area contributed by atoms with Gasteiger partial charge in [-0.15, -0.1) is 0 Å². The highest BCUT2D eigenvalue weighted by Gasteiger charge is 2.27. The van der Waals surface area contributed by atoms with E-state index in [0.29, 0.717) is 23.9 Å². The van der Waals surface area contributed by atoms with E-state index in [1.165, 1.54) is 83.5 Å². The average Bonchev–Trinajstić information content (AvgIpc) is 3.09. The van der Waals surface area contributed by atoms with Crippen LogP contribution in [0.1, 0.15) is 181 Å². The Morgan fingerprint density at radius 2 is 0.981 bits per heavy atom. The van der Waals surface area contributed by atoms with E-state index in [-0.39, 0.29) is 32.0 Å². The second-order valence-corrected chi connectivity index (χ2v) is 16.8. The summed E-state index contributed by atoms with van der Waals surface area (Å²) in [5.74, 6) is -0.825. The van der Waals surface area contributed by atoms with Gasteiger partial charge in [-0.3, -0.25) is 18.6 Å². The Labute approximate surface area is 319 Å². The average molecular weight is 759 g/mol. The molecule has 0 heterocycles. The minimum Gasteiger partial charge on any atom is -0.462 e. The SMILES string of the molecule is CCCCCCCC/C=C/CCCCCCCC(=O)O[C@H](COC(=O)CCCCC/C=C/CCCCCCCC)COP(=O)(O)OCC[N+](C)(C)C. The van der Waals surface area contributed by atoms with Gasteiger partial charge in [0.15, 0.2) is 6.10 Å². The first-order chi connectivity index (χ1) is 25.0. The minimum atomic E-state index is -4.37. The number of carbonyl (C=O) groups is 2. The third-order valence-corrected chi connectivity index (χ3v) is 9.94. The lowest BCUT2D eigenvalue weighted by molar-refractivity contribution is -0.870. The van der Waals surface area contributed by atoms with Crippen molar-refractivity contribution in [3.63, 3.8) is 0 Å². The van der Waals surface area contributed by atoms with Gasteiger partial charge in [-0.25, -0.2) is 4.57 Å². The van der Waals surface area contributed by atoms with Crippen molar-refractivity contribution in [1.29, 1.82) is 0 Å². The van der Waals surface area contributed by atoms with Crippen LogP contribution in [0, 0.1) is 0 Å². The largest absolute Gasteiger partial charge is 0.472 e. The van der Waals surface area contributed by atoms with Crippen LogP contribution in [0.15, 0.2) is 24.3 Å². The van der Waals surface area contributed by atoms with E-state index in [0.717, 1.165) is 57.8 Å². The van der Waals surface area contributed by atoms with Gasteiger partial charge >= 0.3 is 19.8 Å². The van der Waals surface area contributed by atoms with E-state index < -0.39 is 26.5 Å². The monoisotopic (exact) mass is 759 g/mol. The highest BCUT2D eigenvalue weighted by Crippen LogP contribution is 2.43. The molecule has 10 heteroatoms. The second-order valence-electron chi connectivity index (χ2n) is 15.4. The number of phosphoric acid groups is 1. The summed E-state index contributed by atoms with van der Waals surface area (Å²) in [5, 5.41) is 0. The van der Waals surface area contributed by atoms with Crippen molar-refractivity contribution in [3.05, 3.63) is 24.3 Å². The Hall–Kier alpha value is -1.51. The van der Waals surface area contributed by atoms with E-state index in [9.17, 15) is 19.0 Å². The van der Waals surface area contributed by atoms with Crippen LogP contribution in [0.3, 0.4) is 0 Å². The highest BCUT2D eigenvalue weighted by molar-refractivity contribution is 7.47. The Morgan fingerprint density at radius 3 is 1.44 bits per heavy atom. The zero-order valence-electron chi connectivity index (χ0n) is 34.3. The number of likely N-dealkylation sites (N-methyl/N-ethyl adjacent to an activating group) is 1. The molecule has 0 amide bonds. The molecular weight excluding hydrogens is 677 g/mol. The molecule has 0 rings (SSSR count). The topological polar surface area (TPSA) is 108 Å². The summed E-state index contributed by atoms with van der Waals surface area (Å²) >= 11 is 0. The number of nitrogens with zero attached hydrogens (tertiary/aromatic N) is 1. The van der Waals surface area contributed by atoms with Crippen LogP contribution in [0.25, 0.3) is 0 Å². The van der Waals surface area contributed by atoms with Crippen molar-refractivity contribution < 1.29 is 42.1 Å². The third-order valence-electron chi connectivity index (χ3n) is 8.95. The molecule has 0 aromatic heterocycles. The maximum absolute atomic E-state index is 12.6. The molecule has 1 N–H and O–H groups in total. The van der Waals surface area contributed by atoms with Crippen molar-refractivity contribution in [2.45, 2.75) is 187 Å². The zero-order valence-corrected chi connectivity index (χ0v) is 35.2. The fourth-order valence-electron chi connectivity index (χ4n) is 5.59. The number of quaternary nitrogens is 1. The van der Waals surface area contributed by atoms with Crippen LogP contribution in [-0.2, 0) is 32.7 Å². The second kappa shape index (κ2) is 35.2. The van der Waals surface area contributed by atoms with Crippen LogP contribution < -0.4 is 0 Å². The first kappa shape index (κ1) is 50.5.